The van der Waals surface area contributed by atoms with Gasteiger partial charge in [0.25, 0.3) is 0 Å². The van der Waals surface area contributed by atoms with Gasteiger partial charge in [0, 0.05) is 24.7 Å². The van der Waals surface area contributed by atoms with Crippen molar-refractivity contribution in [3.05, 3.63) is 76.6 Å². The van der Waals surface area contributed by atoms with Crippen molar-refractivity contribution in [2.45, 2.75) is 51.8 Å². The molecule has 0 spiro atoms. The van der Waals surface area contributed by atoms with Crippen LogP contribution in [-0.4, -0.2) is 41.3 Å². The normalized spacial score (nSPS) is 14.4. The molecular weight excluding hydrogens is 513 g/mol. The molecule has 2 heterocycles. The van der Waals surface area contributed by atoms with Gasteiger partial charge in [-0.05, 0) is 42.7 Å². The summed E-state index contributed by atoms with van der Waals surface area (Å²) in [5, 5.41) is 13.2. The predicted molar refractivity (Wildman–Crippen MR) is 140 cm³/mol. The number of hydrogen-bond donors (Lipinski definition) is 1. The van der Waals surface area contributed by atoms with E-state index in [0.29, 0.717) is 54.7 Å². The Morgan fingerprint density at radius 2 is 1.90 bits per heavy atom. The van der Waals surface area contributed by atoms with Crippen LogP contribution in [0.2, 0.25) is 0 Å². The van der Waals surface area contributed by atoms with E-state index in [9.17, 15) is 23.1 Å². The fourth-order valence-electron chi connectivity index (χ4n) is 4.54. The van der Waals surface area contributed by atoms with Crippen molar-refractivity contribution in [2.75, 3.05) is 20.2 Å². The fourth-order valence-corrected chi connectivity index (χ4v) is 4.54. The minimum Gasteiger partial charge on any atom is -0.487 e. The van der Waals surface area contributed by atoms with Gasteiger partial charge in [-0.2, -0.15) is 13.2 Å². The third-order valence-electron chi connectivity index (χ3n) is 6.50. The maximum Gasteiger partial charge on any atom is 0.437 e. The summed E-state index contributed by atoms with van der Waals surface area (Å²) >= 11 is 0. The number of rotatable bonds is 11. The number of benzene rings is 2. The third-order valence-corrected chi connectivity index (χ3v) is 6.50. The number of fused-ring (bicyclic) bond motifs is 1. The van der Waals surface area contributed by atoms with Gasteiger partial charge in [-0.25, -0.2) is 4.79 Å². The maximum atomic E-state index is 13.6. The summed E-state index contributed by atoms with van der Waals surface area (Å²) in [5.41, 5.74) is 1.10. The molecule has 2 aromatic carbocycles. The Morgan fingerprint density at radius 1 is 1.18 bits per heavy atom. The lowest BCUT2D eigenvalue weighted by Crippen LogP contribution is -2.24. The average molecular weight is 545 g/mol. The van der Waals surface area contributed by atoms with Crippen molar-refractivity contribution >= 4 is 16.9 Å². The lowest BCUT2D eigenvalue weighted by Gasteiger charge is -2.23. The number of aliphatic carboxylic acids is 1. The Kier molecular flexibility index (Phi) is 8.52. The summed E-state index contributed by atoms with van der Waals surface area (Å²) in [5.74, 6) is -0.444. The lowest BCUT2D eigenvalue weighted by atomic mass is 9.97. The zero-order valence-corrected chi connectivity index (χ0v) is 22.0. The fraction of sp³-hybridized carbons (Fsp3) is 0.379. The smallest absolute Gasteiger partial charge is 0.437 e. The van der Waals surface area contributed by atoms with Gasteiger partial charge < -0.3 is 24.0 Å². The van der Waals surface area contributed by atoms with Crippen LogP contribution in [0, 0.1) is 0 Å². The van der Waals surface area contributed by atoms with Crippen LogP contribution in [-0.2, 0) is 23.8 Å². The molecule has 10 heteroatoms. The molecular formula is C29H31F3N2O5. The minimum atomic E-state index is -4.69. The monoisotopic (exact) mass is 544 g/mol. The highest BCUT2D eigenvalue weighted by molar-refractivity contribution is 5.87. The van der Waals surface area contributed by atoms with E-state index in [-0.39, 0.29) is 16.7 Å². The first kappa shape index (κ1) is 28.1. The van der Waals surface area contributed by atoms with Crippen molar-refractivity contribution in [1.82, 2.24) is 10.1 Å². The number of carbonyl (C=O) groups is 1. The molecule has 0 amide bonds. The summed E-state index contributed by atoms with van der Waals surface area (Å²) in [6, 6.07) is 7.92. The molecule has 1 aromatic heterocycles. The van der Waals surface area contributed by atoms with Gasteiger partial charge in [-0.1, -0.05) is 56.1 Å². The molecule has 0 saturated heterocycles. The molecule has 1 unspecified atom stereocenters. The van der Waals surface area contributed by atoms with Crippen LogP contribution in [0.4, 0.5) is 13.2 Å². The first-order valence-corrected chi connectivity index (χ1v) is 12.8. The number of ether oxygens (including phenoxy) is 2. The lowest BCUT2D eigenvalue weighted by molar-refractivity contribution is -0.145. The second-order valence-electron chi connectivity index (χ2n) is 9.41. The molecule has 1 aliphatic heterocycles. The zero-order valence-electron chi connectivity index (χ0n) is 22.0. The predicted octanol–water partition coefficient (Wildman–Crippen LogP) is 6.72. The van der Waals surface area contributed by atoms with Gasteiger partial charge in [0.15, 0.2) is 11.3 Å². The number of carboxylic acid groups (broad SMARTS) is 1. The average Bonchev–Trinajstić information content (AvgIpc) is 3.33. The van der Waals surface area contributed by atoms with Crippen LogP contribution in [0.1, 0.15) is 55.2 Å². The molecule has 7 nitrogen and oxygen atoms in total. The number of halogens is 3. The number of nitrogens with zero attached hydrogens (tertiary/aromatic N) is 2. The molecule has 1 aliphatic rings. The van der Waals surface area contributed by atoms with E-state index in [4.69, 9.17) is 14.0 Å². The van der Waals surface area contributed by atoms with Crippen LogP contribution < -0.4 is 9.47 Å². The summed E-state index contributed by atoms with van der Waals surface area (Å²) in [6.45, 7) is 4.91. The van der Waals surface area contributed by atoms with Crippen molar-refractivity contribution < 1.29 is 37.1 Å². The molecule has 4 rings (SSSR count). The second kappa shape index (κ2) is 11.8. The van der Waals surface area contributed by atoms with Gasteiger partial charge in [0.2, 0.25) is 6.10 Å². The Hall–Kier alpha value is -3.95. The van der Waals surface area contributed by atoms with E-state index in [1.165, 1.54) is 6.07 Å². The van der Waals surface area contributed by atoms with E-state index < -0.39 is 23.9 Å². The Labute approximate surface area is 224 Å². The standard InChI is InChI=1S/C29H31F3N2O5/c1-4-8-19-16-23-26(39-33-27(23)29(30,31)32)22(9-5-2)24(19)38-25(28(35)36)18-11-13-21(14-12-18)37-17-20-10-6-7-15-34(20)3/h6-7,10-14,16,25H,4-5,8-9,15,17H2,1-3H3,(H,35,36). The van der Waals surface area contributed by atoms with E-state index in [0.717, 1.165) is 12.2 Å². The van der Waals surface area contributed by atoms with Crippen molar-refractivity contribution in [3.63, 3.8) is 0 Å². The van der Waals surface area contributed by atoms with Crippen LogP contribution in [0.25, 0.3) is 11.0 Å². The number of allylic oxidation sites excluding steroid dienone is 2. The van der Waals surface area contributed by atoms with Crippen LogP contribution in [0.3, 0.4) is 0 Å². The Balaban J connectivity index is 1.66. The number of alkyl halides is 3. The molecule has 1 N–H and O–H groups in total. The van der Waals surface area contributed by atoms with Gasteiger partial charge in [0.05, 0.1) is 11.1 Å². The molecule has 0 saturated carbocycles. The molecule has 1 atom stereocenters. The zero-order chi connectivity index (χ0) is 28.2. The summed E-state index contributed by atoms with van der Waals surface area (Å²) < 4.78 is 57.9. The van der Waals surface area contributed by atoms with E-state index in [2.05, 4.69) is 10.1 Å². The molecule has 0 aliphatic carbocycles. The Morgan fingerprint density at radius 3 is 2.51 bits per heavy atom. The molecule has 208 valence electrons. The maximum absolute atomic E-state index is 13.6. The number of likely N-dealkylation sites (N-methyl/N-ethyl adjacent to an activating group) is 1. The Bertz CT molecular complexity index is 1380. The number of carboxylic acids is 1. The number of hydrogen-bond acceptors (Lipinski definition) is 6. The van der Waals surface area contributed by atoms with E-state index >= 15 is 0 Å². The molecule has 0 bridgehead atoms. The first-order chi connectivity index (χ1) is 18.6. The highest BCUT2D eigenvalue weighted by atomic mass is 19.4. The van der Waals surface area contributed by atoms with Crippen LogP contribution in [0.5, 0.6) is 11.5 Å². The first-order valence-electron chi connectivity index (χ1n) is 12.8. The van der Waals surface area contributed by atoms with E-state index in [1.54, 1.807) is 24.3 Å². The summed E-state index contributed by atoms with van der Waals surface area (Å²) in [4.78, 5) is 14.4. The molecule has 0 fully saturated rings. The van der Waals surface area contributed by atoms with Crippen molar-refractivity contribution in [1.29, 1.82) is 0 Å². The minimum absolute atomic E-state index is 0.0382. The molecule has 0 radical (unpaired) electrons. The van der Waals surface area contributed by atoms with E-state index in [1.807, 2.05) is 39.1 Å². The van der Waals surface area contributed by atoms with Crippen molar-refractivity contribution in [2.24, 2.45) is 0 Å². The summed E-state index contributed by atoms with van der Waals surface area (Å²) in [6.07, 6.45) is 1.81. The van der Waals surface area contributed by atoms with Crippen molar-refractivity contribution in [3.8, 4) is 11.5 Å². The molecule has 3 aromatic rings. The highest BCUT2D eigenvalue weighted by Crippen LogP contribution is 2.42. The molecule has 39 heavy (non-hydrogen) atoms. The number of aryl methyl sites for hydroxylation is 2. The second-order valence-corrected chi connectivity index (χ2v) is 9.41. The van der Waals surface area contributed by atoms with Gasteiger partial charge in [-0.15, -0.1) is 0 Å². The number of aromatic nitrogens is 1. The topological polar surface area (TPSA) is 85.0 Å². The highest BCUT2D eigenvalue weighted by Gasteiger charge is 2.38. The quantitative estimate of drug-likeness (QED) is 0.287. The van der Waals surface area contributed by atoms with Gasteiger partial charge in [-0.3, -0.25) is 0 Å². The summed E-state index contributed by atoms with van der Waals surface area (Å²) in [7, 11) is 1.97. The SMILES string of the molecule is CCCc1cc2c(C(F)(F)F)noc2c(CCC)c1OC(C(=O)O)c1ccc(OCC2=CC=CCN2C)cc1. The third kappa shape index (κ3) is 6.21. The van der Waals surface area contributed by atoms with Crippen LogP contribution in [0.15, 0.2) is 58.8 Å². The van der Waals surface area contributed by atoms with Gasteiger partial charge >= 0.3 is 12.1 Å². The van der Waals surface area contributed by atoms with Gasteiger partial charge in [0.1, 0.15) is 18.1 Å². The largest absolute Gasteiger partial charge is 0.487 e. The van der Waals surface area contributed by atoms with Crippen LogP contribution >= 0.6 is 0 Å².